The number of hydrogen-bond acceptors (Lipinski definition) is 3. The van der Waals surface area contributed by atoms with Gasteiger partial charge in [-0.1, -0.05) is 11.1 Å². The second-order valence-corrected chi connectivity index (χ2v) is 3.30. The van der Waals surface area contributed by atoms with E-state index in [1.165, 1.54) is 0 Å². The predicted octanol–water partition coefficient (Wildman–Crippen LogP) is 0.668. The van der Waals surface area contributed by atoms with Crippen LogP contribution in [0.1, 0.15) is 18.5 Å². The van der Waals surface area contributed by atoms with Crippen molar-refractivity contribution in [2.24, 2.45) is 12.8 Å². The van der Waals surface area contributed by atoms with Crippen LogP contribution in [0.3, 0.4) is 0 Å². The molecular weight excluding hydrogens is 232 g/mol. The molecule has 0 amide bonds. The van der Waals surface area contributed by atoms with Crippen LogP contribution in [0.2, 0.25) is 0 Å². The van der Waals surface area contributed by atoms with Gasteiger partial charge in [0.2, 0.25) is 0 Å². The molecule has 0 saturated heterocycles. The SMILES string of the molecule is Cn1nnc(Br)c1C#CCCCN. The monoisotopic (exact) mass is 242 g/mol. The predicted molar refractivity (Wildman–Crippen MR) is 53.9 cm³/mol. The van der Waals surface area contributed by atoms with E-state index >= 15 is 0 Å². The lowest BCUT2D eigenvalue weighted by Gasteiger charge is -1.89. The number of nitrogens with zero attached hydrogens (tertiary/aromatic N) is 3. The number of aryl methyl sites for hydroxylation is 1. The fourth-order valence-electron chi connectivity index (χ4n) is 0.801. The number of hydrogen-bond donors (Lipinski definition) is 1. The van der Waals surface area contributed by atoms with Gasteiger partial charge in [-0.05, 0) is 34.8 Å². The van der Waals surface area contributed by atoms with Crippen LogP contribution in [0.4, 0.5) is 0 Å². The van der Waals surface area contributed by atoms with E-state index in [0.717, 1.165) is 18.5 Å². The van der Waals surface area contributed by atoms with E-state index in [9.17, 15) is 0 Å². The summed E-state index contributed by atoms with van der Waals surface area (Å²) in [5.74, 6) is 5.99. The Kier molecular flexibility index (Phi) is 3.93. The molecule has 1 rings (SSSR count). The Labute approximate surface area is 85.6 Å². The minimum Gasteiger partial charge on any atom is -0.330 e. The smallest absolute Gasteiger partial charge is 0.164 e. The van der Waals surface area contributed by atoms with Gasteiger partial charge in [0.05, 0.1) is 0 Å². The molecule has 1 aromatic rings. The molecule has 0 saturated carbocycles. The Balaban J connectivity index is 2.65. The van der Waals surface area contributed by atoms with Crippen molar-refractivity contribution in [1.29, 1.82) is 0 Å². The maximum atomic E-state index is 5.34. The van der Waals surface area contributed by atoms with Crippen LogP contribution in [-0.4, -0.2) is 21.5 Å². The van der Waals surface area contributed by atoms with Crippen LogP contribution < -0.4 is 5.73 Å². The second-order valence-electron chi connectivity index (χ2n) is 2.55. The third kappa shape index (κ3) is 2.83. The van der Waals surface area contributed by atoms with Gasteiger partial charge in [0.25, 0.3) is 0 Å². The zero-order valence-corrected chi connectivity index (χ0v) is 9.00. The van der Waals surface area contributed by atoms with Crippen LogP contribution >= 0.6 is 15.9 Å². The van der Waals surface area contributed by atoms with Gasteiger partial charge in [-0.3, -0.25) is 0 Å². The molecule has 0 unspecified atom stereocenters. The normalized spacial score (nSPS) is 9.46. The van der Waals surface area contributed by atoms with Crippen molar-refractivity contribution in [2.45, 2.75) is 12.8 Å². The summed E-state index contributed by atoms with van der Waals surface area (Å²) >= 11 is 3.26. The summed E-state index contributed by atoms with van der Waals surface area (Å²) in [4.78, 5) is 0. The van der Waals surface area contributed by atoms with Crippen LogP contribution in [0, 0.1) is 11.8 Å². The first-order chi connectivity index (χ1) is 6.25. The highest BCUT2D eigenvalue weighted by atomic mass is 79.9. The van der Waals surface area contributed by atoms with Crippen LogP contribution in [-0.2, 0) is 7.05 Å². The average molecular weight is 243 g/mol. The van der Waals surface area contributed by atoms with E-state index in [4.69, 9.17) is 5.73 Å². The average Bonchev–Trinajstić information content (AvgIpc) is 2.42. The largest absolute Gasteiger partial charge is 0.330 e. The number of halogens is 1. The van der Waals surface area contributed by atoms with E-state index in [2.05, 4.69) is 38.1 Å². The van der Waals surface area contributed by atoms with Crippen LogP contribution in [0.15, 0.2) is 4.60 Å². The molecule has 13 heavy (non-hydrogen) atoms. The Morgan fingerprint density at radius 2 is 2.38 bits per heavy atom. The Bertz CT molecular complexity index is 314. The van der Waals surface area contributed by atoms with Gasteiger partial charge in [-0.15, -0.1) is 5.10 Å². The summed E-state index contributed by atoms with van der Waals surface area (Å²) in [6.07, 6.45) is 1.74. The lowest BCUT2D eigenvalue weighted by molar-refractivity contribution is 0.707. The van der Waals surface area contributed by atoms with E-state index in [0.29, 0.717) is 11.1 Å². The molecule has 1 heterocycles. The fourth-order valence-corrected chi connectivity index (χ4v) is 1.23. The van der Waals surface area contributed by atoms with Crippen LogP contribution in [0.5, 0.6) is 0 Å². The molecular formula is C8H11BrN4. The van der Waals surface area contributed by atoms with E-state index in [1.54, 1.807) is 4.68 Å². The van der Waals surface area contributed by atoms with Gasteiger partial charge in [-0.25, -0.2) is 4.68 Å². The van der Waals surface area contributed by atoms with Crippen LogP contribution in [0.25, 0.3) is 0 Å². The van der Waals surface area contributed by atoms with Crippen molar-refractivity contribution in [1.82, 2.24) is 15.0 Å². The molecule has 0 fully saturated rings. The quantitative estimate of drug-likeness (QED) is 0.613. The van der Waals surface area contributed by atoms with Gasteiger partial charge in [-0.2, -0.15) is 0 Å². The molecule has 1 aromatic heterocycles. The summed E-state index contributed by atoms with van der Waals surface area (Å²) in [7, 11) is 1.81. The molecule has 2 N–H and O–H groups in total. The van der Waals surface area contributed by atoms with Crippen molar-refractivity contribution < 1.29 is 0 Å². The fraction of sp³-hybridized carbons (Fsp3) is 0.500. The first kappa shape index (κ1) is 10.2. The first-order valence-corrected chi connectivity index (χ1v) is 4.79. The maximum Gasteiger partial charge on any atom is 0.164 e. The molecule has 4 nitrogen and oxygen atoms in total. The number of nitrogens with two attached hydrogens (primary N) is 1. The molecule has 0 radical (unpaired) electrons. The zero-order chi connectivity index (χ0) is 9.68. The van der Waals surface area contributed by atoms with E-state index in [1.807, 2.05) is 7.05 Å². The third-order valence-corrected chi connectivity index (χ3v) is 2.03. The lowest BCUT2D eigenvalue weighted by atomic mass is 10.3. The molecule has 5 heteroatoms. The maximum absolute atomic E-state index is 5.34. The summed E-state index contributed by atoms with van der Waals surface area (Å²) in [5, 5.41) is 7.63. The molecule has 0 aliphatic carbocycles. The van der Waals surface area contributed by atoms with Crippen molar-refractivity contribution >= 4 is 15.9 Å². The van der Waals surface area contributed by atoms with Crippen molar-refractivity contribution in [3.63, 3.8) is 0 Å². The third-order valence-electron chi connectivity index (χ3n) is 1.50. The van der Waals surface area contributed by atoms with Crippen molar-refractivity contribution in [2.75, 3.05) is 6.54 Å². The Morgan fingerprint density at radius 3 is 2.92 bits per heavy atom. The molecule has 0 aliphatic rings. The van der Waals surface area contributed by atoms with Gasteiger partial charge in [0.15, 0.2) is 4.60 Å². The molecule has 0 atom stereocenters. The topological polar surface area (TPSA) is 56.7 Å². The summed E-state index contributed by atoms with van der Waals surface area (Å²) in [6.45, 7) is 0.680. The van der Waals surface area contributed by atoms with Crippen molar-refractivity contribution in [3.05, 3.63) is 10.3 Å². The standard InChI is InChI=1S/C8H11BrN4/c1-13-7(8(9)11-12-13)5-3-2-4-6-10/h2,4,6,10H2,1H3. The van der Waals surface area contributed by atoms with E-state index < -0.39 is 0 Å². The lowest BCUT2D eigenvalue weighted by Crippen LogP contribution is -1.97. The van der Waals surface area contributed by atoms with Gasteiger partial charge < -0.3 is 5.73 Å². The summed E-state index contributed by atoms with van der Waals surface area (Å²) in [5.41, 5.74) is 6.14. The number of rotatable bonds is 2. The minimum atomic E-state index is 0.680. The van der Waals surface area contributed by atoms with Gasteiger partial charge in [0, 0.05) is 13.5 Å². The minimum absolute atomic E-state index is 0.680. The van der Waals surface area contributed by atoms with E-state index in [-0.39, 0.29) is 0 Å². The highest BCUT2D eigenvalue weighted by molar-refractivity contribution is 9.10. The van der Waals surface area contributed by atoms with Gasteiger partial charge >= 0.3 is 0 Å². The molecule has 0 aromatic carbocycles. The molecule has 0 spiro atoms. The summed E-state index contributed by atoms with van der Waals surface area (Å²) < 4.78 is 2.33. The second kappa shape index (κ2) is 5.00. The Morgan fingerprint density at radius 1 is 1.62 bits per heavy atom. The van der Waals surface area contributed by atoms with Crippen molar-refractivity contribution in [3.8, 4) is 11.8 Å². The number of aromatic nitrogens is 3. The molecule has 70 valence electrons. The Hall–Kier alpha value is -0.860. The first-order valence-electron chi connectivity index (χ1n) is 4.00. The van der Waals surface area contributed by atoms with Gasteiger partial charge in [0.1, 0.15) is 5.69 Å². The summed E-state index contributed by atoms with van der Waals surface area (Å²) in [6, 6.07) is 0. The highest BCUT2D eigenvalue weighted by Gasteiger charge is 2.02. The molecule has 0 aliphatic heterocycles. The molecule has 0 bridgehead atoms. The zero-order valence-electron chi connectivity index (χ0n) is 7.42. The highest BCUT2D eigenvalue weighted by Crippen LogP contribution is 2.09. The number of unbranched alkanes of at least 4 members (excludes halogenated alkanes) is 1.